The Labute approximate surface area is 98.1 Å². The molecule has 0 spiro atoms. The molecule has 2 N–H and O–H groups in total. The SMILES string of the molecule is COC(C)(C)CNC(=O)CC1CCCNC1. The molecular weight excluding hydrogens is 204 g/mol. The maximum atomic E-state index is 11.7. The van der Waals surface area contributed by atoms with Gasteiger partial charge in [0.1, 0.15) is 0 Å². The van der Waals surface area contributed by atoms with E-state index in [4.69, 9.17) is 4.74 Å². The van der Waals surface area contributed by atoms with Crippen molar-refractivity contribution in [1.82, 2.24) is 10.6 Å². The third kappa shape index (κ3) is 4.94. The summed E-state index contributed by atoms with van der Waals surface area (Å²) < 4.78 is 5.25. The fraction of sp³-hybridized carbons (Fsp3) is 0.917. The molecule has 4 heteroatoms. The third-order valence-corrected chi connectivity index (χ3v) is 3.14. The van der Waals surface area contributed by atoms with Gasteiger partial charge in [-0.25, -0.2) is 0 Å². The molecule has 0 aliphatic carbocycles. The number of carbonyl (C=O) groups is 1. The normalized spacial score (nSPS) is 21.8. The number of nitrogens with one attached hydrogen (secondary N) is 2. The van der Waals surface area contributed by atoms with Crippen LogP contribution in [0.3, 0.4) is 0 Å². The van der Waals surface area contributed by atoms with Crippen LogP contribution in [0.15, 0.2) is 0 Å². The molecule has 0 radical (unpaired) electrons. The summed E-state index contributed by atoms with van der Waals surface area (Å²) >= 11 is 0. The van der Waals surface area contributed by atoms with Crippen molar-refractivity contribution in [3.8, 4) is 0 Å². The summed E-state index contributed by atoms with van der Waals surface area (Å²) in [6.45, 7) is 6.57. The fourth-order valence-corrected chi connectivity index (χ4v) is 1.82. The number of amides is 1. The molecule has 0 bridgehead atoms. The van der Waals surface area contributed by atoms with Crippen molar-refractivity contribution in [3.63, 3.8) is 0 Å². The average molecular weight is 228 g/mol. The van der Waals surface area contributed by atoms with Crippen LogP contribution in [0.5, 0.6) is 0 Å². The number of carbonyl (C=O) groups excluding carboxylic acids is 1. The predicted molar refractivity (Wildman–Crippen MR) is 64.3 cm³/mol. The van der Waals surface area contributed by atoms with Crippen LogP contribution in [0.2, 0.25) is 0 Å². The molecule has 1 fully saturated rings. The van der Waals surface area contributed by atoms with Crippen LogP contribution in [-0.2, 0) is 9.53 Å². The van der Waals surface area contributed by atoms with Gasteiger partial charge in [-0.05, 0) is 45.7 Å². The highest BCUT2D eigenvalue weighted by Gasteiger charge is 2.20. The van der Waals surface area contributed by atoms with E-state index in [-0.39, 0.29) is 11.5 Å². The molecule has 1 aliphatic rings. The maximum absolute atomic E-state index is 11.7. The van der Waals surface area contributed by atoms with Crippen molar-refractivity contribution in [3.05, 3.63) is 0 Å². The second-order valence-electron chi connectivity index (χ2n) is 5.16. The lowest BCUT2D eigenvalue weighted by molar-refractivity contribution is -0.123. The molecular formula is C12H24N2O2. The summed E-state index contributed by atoms with van der Waals surface area (Å²) in [5.74, 6) is 0.637. The molecule has 1 rings (SSSR count). The van der Waals surface area contributed by atoms with Gasteiger partial charge in [0.25, 0.3) is 0 Å². The summed E-state index contributed by atoms with van der Waals surface area (Å²) in [6.07, 6.45) is 2.97. The Morgan fingerprint density at radius 2 is 2.31 bits per heavy atom. The van der Waals surface area contributed by atoms with Crippen LogP contribution in [-0.4, -0.2) is 38.3 Å². The number of ether oxygens (including phenoxy) is 1. The second kappa shape index (κ2) is 6.21. The van der Waals surface area contributed by atoms with Crippen molar-refractivity contribution in [1.29, 1.82) is 0 Å². The van der Waals surface area contributed by atoms with Gasteiger partial charge in [0.05, 0.1) is 5.60 Å². The standard InChI is InChI=1S/C12H24N2O2/c1-12(2,16-3)9-14-11(15)7-10-5-4-6-13-8-10/h10,13H,4-9H2,1-3H3,(H,14,15). The minimum atomic E-state index is -0.277. The molecule has 94 valence electrons. The van der Waals surface area contributed by atoms with E-state index >= 15 is 0 Å². The summed E-state index contributed by atoms with van der Waals surface area (Å²) in [7, 11) is 1.66. The van der Waals surface area contributed by atoms with Crippen molar-refractivity contribution < 1.29 is 9.53 Å². The zero-order valence-electron chi connectivity index (χ0n) is 10.6. The van der Waals surface area contributed by atoms with E-state index in [1.807, 2.05) is 13.8 Å². The van der Waals surface area contributed by atoms with Crippen molar-refractivity contribution in [2.45, 2.75) is 38.7 Å². The average Bonchev–Trinajstić information content (AvgIpc) is 2.28. The lowest BCUT2D eigenvalue weighted by Gasteiger charge is -2.25. The first-order chi connectivity index (χ1) is 7.53. The molecule has 0 aromatic carbocycles. The van der Waals surface area contributed by atoms with Gasteiger partial charge >= 0.3 is 0 Å². The number of piperidine rings is 1. The predicted octanol–water partition coefficient (Wildman–Crippen LogP) is 0.917. The second-order valence-corrected chi connectivity index (χ2v) is 5.16. The molecule has 16 heavy (non-hydrogen) atoms. The van der Waals surface area contributed by atoms with E-state index in [1.165, 1.54) is 6.42 Å². The Kier molecular flexibility index (Phi) is 5.22. The molecule has 1 amide bonds. The van der Waals surface area contributed by atoms with Gasteiger partial charge in [0.2, 0.25) is 5.91 Å². The molecule has 4 nitrogen and oxygen atoms in total. The van der Waals surface area contributed by atoms with Crippen LogP contribution in [0.1, 0.15) is 33.1 Å². The zero-order chi connectivity index (χ0) is 12.0. The Bertz CT molecular complexity index is 223. The smallest absolute Gasteiger partial charge is 0.220 e. The first-order valence-corrected chi connectivity index (χ1v) is 6.06. The Balaban J connectivity index is 2.19. The topological polar surface area (TPSA) is 50.4 Å². The van der Waals surface area contributed by atoms with E-state index in [2.05, 4.69) is 10.6 Å². The van der Waals surface area contributed by atoms with Gasteiger partial charge < -0.3 is 15.4 Å². The number of hydrogen-bond donors (Lipinski definition) is 2. The first-order valence-electron chi connectivity index (χ1n) is 6.06. The van der Waals surface area contributed by atoms with Gasteiger partial charge in [0, 0.05) is 20.1 Å². The fourth-order valence-electron chi connectivity index (χ4n) is 1.82. The molecule has 1 saturated heterocycles. The van der Waals surface area contributed by atoms with Crippen molar-refractivity contribution in [2.24, 2.45) is 5.92 Å². The highest BCUT2D eigenvalue weighted by atomic mass is 16.5. The third-order valence-electron chi connectivity index (χ3n) is 3.14. The molecule has 1 heterocycles. The minimum absolute atomic E-state index is 0.138. The summed E-state index contributed by atoms with van der Waals surface area (Å²) in [5, 5.41) is 6.25. The Morgan fingerprint density at radius 1 is 1.56 bits per heavy atom. The lowest BCUT2D eigenvalue weighted by atomic mass is 9.96. The molecule has 0 aromatic heterocycles. The maximum Gasteiger partial charge on any atom is 0.220 e. The summed E-state index contributed by atoms with van der Waals surface area (Å²) in [5.41, 5.74) is -0.277. The highest BCUT2D eigenvalue weighted by Crippen LogP contribution is 2.14. The molecule has 0 saturated carbocycles. The van der Waals surface area contributed by atoms with Gasteiger partial charge in [0.15, 0.2) is 0 Å². The number of methoxy groups -OCH3 is 1. The van der Waals surface area contributed by atoms with E-state index < -0.39 is 0 Å². The number of rotatable bonds is 5. The quantitative estimate of drug-likeness (QED) is 0.735. The molecule has 1 atom stereocenters. The van der Waals surface area contributed by atoms with Crippen molar-refractivity contribution >= 4 is 5.91 Å². The first kappa shape index (κ1) is 13.5. The van der Waals surface area contributed by atoms with Crippen LogP contribution in [0, 0.1) is 5.92 Å². The van der Waals surface area contributed by atoms with Crippen LogP contribution in [0.4, 0.5) is 0 Å². The van der Waals surface area contributed by atoms with Gasteiger partial charge in [-0.1, -0.05) is 0 Å². The van der Waals surface area contributed by atoms with E-state index in [9.17, 15) is 4.79 Å². The van der Waals surface area contributed by atoms with E-state index in [1.54, 1.807) is 7.11 Å². The Hall–Kier alpha value is -0.610. The van der Waals surface area contributed by atoms with Crippen molar-refractivity contribution in [2.75, 3.05) is 26.7 Å². The molecule has 0 aromatic rings. The lowest BCUT2D eigenvalue weighted by Crippen LogP contribution is -2.41. The summed E-state index contributed by atoms with van der Waals surface area (Å²) in [6, 6.07) is 0. The zero-order valence-corrected chi connectivity index (χ0v) is 10.6. The van der Waals surface area contributed by atoms with Gasteiger partial charge in [-0.15, -0.1) is 0 Å². The largest absolute Gasteiger partial charge is 0.377 e. The van der Waals surface area contributed by atoms with Gasteiger partial charge in [-0.2, -0.15) is 0 Å². The molecule has 1 unspecified atom stereocenters. The highest BCUT2D eigenvalue weighted by molar-refractivity contribution is 5.76. The van der Waals surface area contributed by atoms with Crippen LogP contribution >= 0.6 is 0 Å². The van der Waals surface area contributed by atoms with E-state index in [0.717, 1.165) is 19.5 Å². The molecule has 1 aliphatic heterocycles. The monoisotopic (exact) mass is 228 g/mol. The van der Waals surface area contributed by atoms with Gasteiger partial charge in [-0.3, -0.25) is 4.79 Å². The summed E-state index contributed by atoms with van der Waals surface area (Å²) in [4.78, 5) is 11.7. The van der Waals surface area contributed by atoms with Crippen LogP contribution in [0.25, 0.3) is 0 Å². The van der Waals surface area contributed by atoms with E-state index in [0.29, 0.717) is 18.9 Å². The minimum Gasteiger partial charge on any atom is -0.377 e. The number of hydrogen-bond acceptors (Lipinski definition) is 3. The Morgan fingerprint density at radius 3 is 2.88 bits per heavy atom. The van der Waals surface area contributed by atoms with Crippen LogP contribution < -0.4 is 10.6 Å².